The summed E-state index contributed by atoms with van der Waals surface area (Å²) >= 11 is 0. The molecule has 6 atom stereocenters. The second-order valence-electron chi connectivity index (χ2n) is 18.3. The number of carbonyl (C=O) groups excluding carboxylic acids is 1. The number of anilines is 2. The summed E-state index contributed by atoms with van der Waals surface area (Å²) in [6.07, 6.45) is 8.69. The van der Waals surface area contributed by atoms with Crippen LogP contribution >= 0.6 is 0 Å². The summed E-state index contributed by atoms with van der Waals surface area (Å²) in [7, 11) is 3.52. The third kappa shape index (κ3) is 7.47. The minimum Gasteiger partial charge on any atom is -0.508 e. The number of rotatable bonds is 9. The Kier molecular flexibility index (Phi) is 11.1. The smallest absolute Gasteiger partial charge is 0.302 e. The molecule has 0 unspecified atom stereocenters. The fraction of sp³-hybridized carbons (Fsp3) is 0.370. The van der Waals surface area contributed by atoms with Crippen molar-refractivity contribution in [2.75, 3.05) is 45.0 Å². The maximum Gasteiger partial charge on any atom is 0.302 e. The summed E-state index contributed by atoms with van der Waals surface area (Å²) < 4.78 is 25.9. The number of aryl methyl sites for hydroxylation is 1. The molecule has 4 bridgehead atoms. The minimum atomic E-state index is -0.644. The maximum atomic E-state index is 12.6. The van der Waals surface area contributed by atoms with Gasteiger partial charge in [-0.05, 0) is 122 Å². The molecule has 5 aliphatic rings. The van der Waals surface area contributed by atoms with Crippen molar-refractivity contribution in [3.63, 3.8) is 0 Å². The molecule has 1 spiro atoms. The quantitative estimate of drug-likeness (QED) is 0.0712. The second kappa shape index (κ2) is 17.1. The van der Waals surface area contributed by atoms with Gasteiger partial charge in [0.05, 0.1) is 19.1 Å². The Morgan fingerprint density at radius 3 is 2.71 bits per heavy atom. The number of carbonyl (C=O) groups is 1. The van der Waals surface area contributed by atoms with Crippen LogP contribution < -0.4 is 30.6 Å². The third-order valence-corrected chi connectivity index (χ3v) is 14.5. The van der Waals surface area contributed by atoms with Crippen LogP contribution in [0.2, 0.25) is 0 Å². The monoisotopic (exact) mass is 872 g/mol. The number of nitrogens with two attached hydrogens (primary N) is 1. The van der Waals surface area contributed by atoms with Gasteiger partial charge in [0.15, 0.2) is 11.5 Å². The number of pyridine rings is 1. The van der Waals surface area contributed by atoms with E-state index in [4.69, 9.17) is 29.7 Å². The first-order valence-corrected chi connectivity index (χ1v) is 22.9. The number of nitrogens with one attached hydrogen (secondary N) is 2. The van der Waals surface area contributed by atoms with Gasteiger partial charge < -0.3 is 45.5 Å². The fourth-order valence-corrected chi connectivity index (χ4v) is 11.7. The van der Waals surface area contributed by atoms with Crippen LogP contribution in [0.15, 0.2) is 72.8 Å². The molecule has 2 aliphatic carbocycles. The Morgan fingerprint density at radius 1 is 1.05 bits per heavy atom. The number of esters is 1. The number of benzene rings is 4. The average molecular weight is 873 g/mol. The number of phenolic OH excluding ortho intramolecular Hbond substituents is 2. The fourth-order valence-electron chi connectivity index (χ4n) is 11.7. The van der Waals surface area contributed by atoms with Gasteiger partial charge in [-0.1, -0.05) is 54.5 Å². The molecule has 11 heteroatoms. The second-order valence-corrected chi connectivity index (χ2v) is 18.3. The van der Waals surface area contributed by atoms with Crippen LogP contribution in [0.3, 0.4) is 0 Å². The van der Waals surface area contributed by atoms with Crippen LogP contribution in [0, 0.1) is 17.8 Å². The topological polar surface area (TPSA) is 157 Å². The zero-order chi connectivity index (χ0) is 45.0. The van der Waals surface area contributed by atoms with E-state index in [2.05, 4.69) is 71.9 Å². The number of ether oxygens (including phenoxy) is 4. The normalized spacial score (nSPS) is 23.0. The standard InChI is InChI=1S/C54H56N4O7/c1-5-57-43-11-7-6-9-31(43)13-15-37-33-21-22-54(26-33)27-34-23-36(60)25-46(62-4)48(34)40-18-17-39-42(29-63-30(2)59)52(65-53(39)50(40)54)49-32(10-8-12-44-38(37)19-20-47(55)58-44)24-45(61)51-41(49)16-14-35(56-3)28-64-51/h6-7,9,11,14,16-20,23-25,33,35,37,42,52,56-57,60-61H,5,10,13,15,21-22,26-29H2,1-4H3,(H2,55,58)/t33-,35-,37-,42+,52+,54+/m1/s1. The van der Waals surface area contributed by atoms with E-state index in [1.807, 2.05) is 31.3 Å². The molecule has 11 nitrogen and oxygen atoms in total. The molecule has 65 heavy (non-hydrogen) atoms. The number of para-hydroxylation sites is 1. The Balaban J connectivity index is 1.23. The number of fused-ring (bicyclic) bond motifs is 9. The van der Waals surface area contributed by atoms with Crippen LogP contribution in [0.5, 0.6) is 28.7 Å². The van der Waals surface area contributed by atoms with Gasteiger partial charge in [-0.25, -0.2) is 4.98 Å². The highest BCUT2D eigenvalue weighted by Gasteiger charge is 2.52. The molecule has 1 fully saturated rings. The van der Waals surface area contributed by atoms with Crippen molar-refractivity contribution in [3.05, 3.63) is 123 Å². The Hall–Kier alpha value is -6.64. The molecule has 3 aliphatic heterocycles. The number of hydrogen-bond donors (Lipinski definition) is 5. The summed E-state index contributed by atoms with van der Waals surface area (Å²) in [6, 6.07) is 22.1. The number of nitrogens with zero attached hydrogens (tertiary/aromatic N) is 1. The van der Waals surface area contributed by atoms with E-state index in [1.165, 1.54) is 12.5 Å². The van der Waals surface area contributed by atoms with Gasteiger partial charge in [0.25, 0.3) is 0 Å². The van der Waals surface area contributed by atoms with Crippen LogP contribution in [0.1, 0.15) is 108 Å². The van der Waals surface area contributed by atoms with Gasteiger partial charge in [-0.3, -0.25) is 4.79 Å². The lowest BCUT2D eigenvalue weighted by Gasteiger charge is -2.39. The SMILES string of the molecule is CCNc1ccccc1CC[C@H]1c2ccc(N)nc2C#CCc2cc(O)c3c(c2[C@H]2Oc4c(ccc5c4[C@]4(CC[C@@H]1C4)Cc1cc(O)cc(OC)c1-5)[C@@H]2COC(C)=O)C=C[C@@H](NC)CO3. The van der Waals surface area contributed by atoms with Crippen LogP contribution in [-0.2, 0) is 34.2 Å². The molecular formula is C54H56N4O7. The lowest BCUT2D eigenvalue weighted by Crippen LogP contribution is -2.31. The summed E-state index contributed by atoms with van der Waals surface area (Å²) in [4.78, 5) is 17.6. The Bertz CT molecular complexity index is 2810. The lowest BCUT2D eigenvalue weighted by atomic mass is 9.64. The van der Waals surface area contributed by atoms with Crippen molar-refractivity contribution >= 4 is 23.6 Å². The molecule has 1 saturated carbocycles. The molecule has 4 heterocycles. The summed E-state index contributed by atoms with van der Waals surface area (Å²) in [5, 5.41) is 29.7. The molecule has 6 N–H and O–H groups in total. The average Bonchev–Trinajstić information content (AvgIpc) is 3.79. The predicted octanol–water partition coefficient (Wildman–Crippen LogP) is 8.87. The third-order valence-electron chi connectivity index (χ3n) is 14.5. The van der Waals surface area contributed by atoms with Gasteiger partial charge in [-0.15, -0.1) is 0 Å². The van der Waals surface area contributed by atoms with Crippen molar-refractivity contribution in [2.45, 2.75) is 88.2 Å². The number of likely N-dealkylation sites (N-methyl/N-ethyl adjacent to an activating group) is 1. The highest BCUT2D eigenvalue weighted by molar-refractivity contribution is 5.84. The molecule has 0 radical (unpaired) electrons. The van der Waals surface area contributed by atoms with Crippen LogP contribution in [-0.4, -0.2) is 61.1 Å². The highest BCUT2D eigenvalue weighted by Crippen LogP contribution is 2.64. The molecule has 0 saturated heterocycles. The number of aromatic nitrogens is 1. The summed E-state index contributed by atoms with van der Waals surface area (Å²) in [6.45, 7) is 4.77. The van der Waals surface area contributed by atoms with E-state index in [1.54, 1.807) is 19.2 Å². The zero-order valence-corrected chi connectivity index (χ0v) is 37.4. The molecule has 5 aromatic rings. The minimum absolute atomic E-state index is 0.00758. The first kappa shape index (κ1) is 42.3. The molecule has 1 aromatic heterocycles. The van der Waals surface area contributed by atoms with Crippen LogP contribution in [0.4, 0.5) is 11.5 Å². The van der Waals surface area contributed by atoms with Crippen molar-refractivity contribution in [1.82, 2.24) is 10.3 Å². The van der Waals surface area contributed by atoms with Gasteiger partial charge in [0.2, 0.25) is 0 Å². The van der Waals surface area contributed by atoms with Crippen LogP contribution in [0.25, 0.3) is 17.2 Å². The van der Waals surface area contributed by atoms with E-state index in [-0.39, 0.29) is 48.4 Å². The molecule has 0 amide bonds. The van der Waals surface area contributed by atoms with Crippen molar-refractivity contribution in [3.8, 4) is 51.7 Å². The van der Waals surface area contributed by atoms with Gasteiger partial charge >= 0.3 is 5.97 Å². The summed E-state index contributed by atoms with van der Waals surface area (Å²) in [5.74, 6) is 8.81. The Labute approximate surface area is 380 Å². The number of phenols is 2. The van der Waals surface area contributed by atoms with Gasteiger partial charge in [0.1, 0.15) is 48.1 Å². The molecular weight excluding hydrogens is 817 g/mol. The molecule has 4 aromatic carbocycles. The predicted molar refractivity (Wildman–Crippen MR) is 252 cm³/mol. The van der Waals surface area contributed by atoms with Crippen molar-refractivity contribution < 1.29 is 34.0 Å². The zero-order valence-electron chi connectivity index (χ0n) is 37.4. The van der Waals surface area contributed by atoms with Gasteiger partial charge in [0, 0.05) is 64.9 Å². The van der Waals surface area contributed by atoms with Crippen molar-refractivity contribution in [2.24, 2.45) is 5.92 Å². The first-order chi connectivity index (χ1) is 31.6. The van der Waals surface area contributed by atoms with Crippen molar-refractivity contribution in [1.29, 1.82) is 0 Å². The van der Waals surface area contributed by atoms with E-state index < -0.39 is 17.4 Å². The lowest BCUT2D eigenvalue weighted by molar-refractivity contribution is -0.141. The number of nitrogen functional groups attached to an aromatic ring is 1. The largest absolute Gasteiger partial charge is 0.508 e. The first-order valence-electron chi connectivity index (χ1n) is 22.9. The van der Waals surface area contributed by atoms with E-state index in [9.17, 15) is 15.0 Å². The Morgan fingerprint density at radius 2 is 1.89 bits per heavy atom. The highest BCUT2D eigenvalue weighted by atomic mass is 16.5. The number of hydrogen-bond acceptors (Lipinski definition) is 11. The van der Waals surface area contributed by atoms with E-state index >= 15 is 0 Å². The number of aromatic hydroxyl groups is 2. The number of methoxy groups -OCH3 is 1. The molecule has 334 valence electrons. The summed E-state index contributed by atoms with van der Waals surface area (Å²) in [5.41, 5.74) is 17.6. The van der Waals surface area contributed by atoms with E-state index in [0.717, 1.165) is 94.6 Å². The molecule has 10 rings (SSSR count). The van der Waals surface area contributed by atoms with Gasteiger partial charge in [-0.2, -0.15) is 0 Å². The van der Waals surface area contributed by atoms with E-state index in [0.29, 0.717) is 41.6 Å². The maximum absolute atomic E-state index is 12.6.